The van der Waals surface area contributed by atoms with Gasteiger partial charge in [-0.15, -0.1) is 11.8 Å². The van der Waals surface area contributed by atoms with Gasteiger partial charge in [-0.2, -0.15) is 0 Å². The third kappa shape index (κ3) is 4.71. The van der Waals surface area contributed by atoms with Crippen LogP contribution in [0.5, 0.6) is 0 Å². The number of hydrogen-bond donors (Lipinski definition) is 1. The molecule has 0 radical (unpaired) electrons. The van der Waals surface area contributed by atoms with Crippen molar-refractivity contribution in [1.82, 2.24) is 9.97 Å². The van der Waals surface area contributed by atoms with Gasteiger partial charge in [0.1, 0.15) is 10.8 Å². The fraction of sp³-hybridized carbons (Fsp3) is 0.389. The number of carbonyl (C=O) groups is 1. The average Bonchev–Trinajstić information content (AvgIpc) is 2.61. The minimum absolute atomic E-state index is 0.222. The highest BCUT2D eigenvalue weighted by Gasteiger charge is 2.22. The van der Waals surface area contributed by atoms with Gasteiger partial charge in [-0.05, 0) is 24.3 Å². The van der Waals surface area contributed by atoms with Crippen molar-refractivity contribution in [3.8, 4) is 0 Å². The summed E-state index contributed by atoms with van der Waals surface area (Å²) in [5.74, 6) is 1.87. The molecule has 0 aliphatic carbocycles. The largest absolute Gasteiger partial charge is 0.370 e. The lowest BCUT2D eigenvalue weighted by Crippen LogP contribution is -2.37. The van der Waals surface area contributed by atoms with E-state index in [2.05, 4.69) is 22.0 Å². The first kappa shape index (κ1) is 16.8. The molecule has 1 aliphatic heterocycles. The molecule has 126 valence electrons. The molecule has 0 unspecified atom stereocenters. The lowest BCUT2D eigenvalue weighted by Gasteiger charge is -2.33. The Labute approximate surface area is 146 Å². The van der Waals surface area contributed by atoms with Gasteiger partial charge < -0.3 is 10.6 Å². The summed E-state index contributed by atoms with van der Waals surface area (Å²) in [5.41, 5.74) is 6.61. The van der Waals surface area contributed by atoms with Crippen LogP contribution in [0, 0.1) is 5.92 Å². The van der Waals surface area contributed by atoms with E-state index in [1.165, 1.54) is 5.56 Å². The molecule has 3 rings (SSSR count). The molecule has 0 saturated carbocycles. The van der Waals surface area contributed by atoms with Gasteiger partial charge in [-0.1, -0.05) is 30.3 Å². The van der Waals surface area contributed by atoms with Crippen molar-refractivity contribution in [1.29, 1.82) is 0 Å². The number of benzene rings is 1. The maximum Gasteiger partial charge on any atom is 0.217 e. The summed E-state index contributed by atoms with van der Waals surface area (Å²) in [7, 11) is 0. The van der Waals surface area contributed by atoms with Crippen LogP contribution in [0.4, 0.5) is 5.82 Å². The second kappa shape index (κ2) is 8.15. The number of anilines is 1. The lowest BCUT2D eigenvalue weighted by atomic mass is 9.94. The van der Waals surface area contributed by atoms with Crippen LogP contribution in [-0.2, 0) is 10.5 Å². The second-order valence-electron chi connectivity index (χ2n) is 6.11. The Morgan fingerprint density at radius 2 is 2.12 bits per heavy atom. The number of rotatable bonds is 6. The molecule has 2 N–H and O–H groups in total. The Hall–Kier alpha value is -2.08. The van der Waals surface area contributed by atoms with Crippen LogP contribution < -0.4 is 10.6 Å². The van der Waals surface area contributed by atoms with E-state index in [4.69, 9.17) is 10.7 Å². The standard InChI is InChI=1S/C18H22N4OS/c19-16(23)9-15-7-4-8-22(12-15)17-10-20-11-18(21-17)24-13-14-5-2-1-3-6-14/h1-3,5-6,10-11,15H,4,7-9,12-13H2,(H2,19,23)/t15-/m0/s1. The van der Waals surface area contributed by atoms with Gasteiger partial charge in [0, 0.05) is 25.3 Å². The monoisotopic (exact) mass is 342 g/mol. The molecule has 1 atom stereocenters. The summed E-state index contributed by atoms with van der Waals surface area (Å²) in [6.45, 7) is 1.78. The van der Waals surface area contributed by atoms with E-state index in [1.807, 2.05) is 24.4 Å². The average molecular weight is 342 g/mol. The Balaban J connectivity index is 1.63. The highest BCUT2D eigenvalue weighted by Crippen LogP contribution is 2.26. The van der Waals surface area contributed by atoms with Crippen LogP contribution in [0.1, 0.15) is 24.8 Å². The van der Waals surface area contributed by atoms with Gasteiger partial charge >= 0.3 is 0 Å². The van der Waals surface area contributed by atoms with E-state index in [0.29, 0.717) is 12.3 Å². The highest BCUT2D eigenvalue weighted by molar-refractivity contribution is 7.98. The number of piperidine rings is 1. The highest BCUT2D eigenvalue weighted by atomic mass is 32.2. The van der Waals surface area contributed by atoms with E-state index in [1.54, 1.807) is 18.0 Å². The molecule has 6 heteroatoms. The fourth-order valence-electron chi connectivity index (χ4n) is 3.02. The van der Waals surface area contributed by atoms with Gasteiger partial charge in [0.25, 0.3) is 0 Å². The first-order chi connectivity index (χ1) is 11.7. The molecule has 5 nitrogen and oxygen atoms in total. The smallest absolute Gasteiger partial charge is 0.217 e. The number of nitrogens with two attached hydrogens (primary N) is 1. The minimum Gasteiger partial charge on any atom is -0.370 e. The van der Waals surface area contributed by atoms with Crippen molar-refractivity contribution >= 4 is 23.5 Å². The first-order valence-electron chi connectivity index (χ1n) is 8.23. The van der Waals surface area contributed by atoms with Crippen LogP contribution in [0.15, 0.2) is 47.8 Å². The van der Waals surface area contributed by atoms with E-state index in [-0.39, 0.29) is 5.91 Å². The van der Waals surface area contributed by atoms with Crippen molar-refractivity contribution in [2.45, 2.75) is 30.0 Å². The minimum atomic E-state index is -0.222. The van der Waals surface area contributed by atoms with E-state index in [9.17, 15) is 4.79 Å². The molecule has 2 aromatic rings. The number of thioether (sulfide) groups is 1. The Morgan fingerprint density at radius 1 is 1.29 bits per heavy atom. The zero-order chi connectivity index (χ0) is 16.8. The number of hydrogen-bond acceptors (Lipinski definition) is 5. The topological polar surface area (TPSA) is 72.1 Å². The molecule has 1 aromatic heterocycles. The molecule has 1 aliphatic rings. The van der Waals surface area contributed by atoms with E-state index >= 15 is 0 Å². The van der Waals surface area contributed by atoms with Gasteiger partial charge in [0.15, 0.2) is 0 Å². The normalized spacial score (nSPS) is 17.7. The van der Waals surface area contributed by atoms with Crippen molar-refractivity contribution in [3.63, 3.8) is 0 Å². The molecule has 2 heterocycles. The Kier molecular flexibility index (Phi) is 5.69. The molecule has 1 amide bonds. The van der Waals surface area contributed by atoms with Crippen LogP contribution in [0.25, 0.3) is 0 Å². The summed E-state index contributed by atoms with van der Waals surface area (Å²) >= 11 is 1.69. The zero-order valence-electron chi connectivity index (χ0n) is 13.6. The van der Waals surface area contributed by atoms with Gasteiger partial charge in [0.05, 0.1) is 12.4 Å². The lowest BCUT2D eigenvalue weighted by molar-refractivity contribution is -0.118. The van der Waals surface area contributed by atoms with E-state index < -0.39 is 0 Å². The van der Waals surface area contributed by atoms with Crippen LogP contribution >= 0.6 is 11.8 Å². The number of aromatic nitrogens is 2. The van der Waals surface area contributed by atoms with Crippen LogP contribution in [0.3, 0.4) is 0 Å². The molecular formula is C18H22N4OS. The molecule has 0 spiro atoms. The first-order valence-corrected chi connectivity index (χ1v) is 9.21. The SMILES string of the molecule is NC(=O)C[C@@H]1CCCN(c2cncc(SCc3ccccc3)n2)C1. The molecule has 1 fully saturated rings. The molecule has 1 aromatic carbocycles. The van der Waals surface area contributed by atoms with Gasteiger partial charge in [0.2, 0.25) is 5.91 Å². The predicted molar refractivity (Wildman–Crippen MR) is 96.8 cm³/mol. The van der Waals surface area contributed by atoms with Crippen molar-refractivity contribution in [3.05, 3.63) is 48.3 Å². The molecule has 24 heavy (non-hydrogen) atoms. The summed E-state index contributed by atoms with van der Waals surface area (Å²) in [4.78, 5) is 22.5. The summed E-state index contributed by atoms with van der Waals surface area (Å²) in [5, 5.41) is 0.924. The maximum atomic E-state index is 11.2. The summed E-state index contributed by atoms with van der Waals surface area (Å²) < 4.78 is 0. The zero-order valence-corrected chi connectivity index (χ0v) is 14.4. The number of primary amides is 1. The number of nitrogens with zero attached hydrogens (tertiary/aromatic N) is 3. The number of carbonyl (C=O) groups excluding carboxylic acids is 1. The van der Waals surface area contributed by atoms with Crippen LogP contribution in [0.2, 0.25) is 0 Å². The van der Waals surface area contributed by atoms with Crippen molar-refractivity contribution in [2.24, 2.45) is 11.7 Å². The number of amides is 1. The van der Waals surface area contributed by atoms with Crippen LogP contribution in [-0.4, -0.2) is 29.0 Å². The second-order valence-corrected chi connectivity index (χ2v) is 7.11. The Morgan fingerprint density at radius 3 is 2.92 bits per heavy atom. The summed E-state index contributed by atoms with van der Waals surface area (Å²) in [6.07, 6.45) is 6.17. The van der Waals surface area contributed by atoms with Crippen molar-refractivity contribution in [2.75, 3.05) is 18.0 Å². The summed E-state index contributed by atoms with van der Waals surface area (Å²) in [6, 6.07) is 10.3. The predicted octanol–water partition coefficient (Wildman–Crippen LogP) is 2.86. The van der Waals surface area contributed by atoms with Gasteiger partial charge in [-0.25, -0.2) is 4.98 Å². The molecular weight excluding hydrogens is 320 g/mol. The third-order valence-electron chi connectivity index (χ3n) is 4.16. The fourth-order valence-corrected chi connectivity index (χ4v) is 3.82. The van der Waals surface area contributed by atoms with Crippen molar-refractivity contribution < 1.29 is 4.79 Å². The molecule has 1 saturated heterocycles. The van der Waals surface area contributed by atoms with E-state index in [0.717, 1.165) is 42.5 Å². The van der Waals surface area contributed by atoms with Gasteiger partial charge in [-0.3, -0.25) is 9.78 Å². The Bertz CT molecular complexity index is 680. The molecule has 0 bridgehead atoms. The third-order valence-corrected chi connectivity index (χ3v) is 5.13. The maximum absolute atomic E-state index is 11.2. The quantitative estimate of drug-likeness (QED) is 0.817.